The summed E-state index contributed by atoms with van der Waals surface area (Å²) in [6.45, 7) is 4.02. The number of hydrogen-bond acceptors (Lipinski definition) is 3. The van der Waals surface area contributed by atoms with E-state index in [1.54, 1.807) is 13.2 Å². The molecule has 0 spiro atoms. The average molecular weight is 263 g/mol. The average Bonchev–Trinajstić information content (AvgIpc) is 2.30. The first kappa shape index (κ1) is 15.2. The second-order valence-corrected chi connectivity index (χ2v) is 4.80. The van der Waals surface area contributed by atoms with Gasteiger partial charge >= 0.3 is 5.97 Å². The van der Waals surface area contributed by atoms with Crippen molar-refractivity contribution in [3.63, 3.8) is 0 Å². The highest BCUT2D eigenvalue weighted by Gasteiger charge is 2.19. The molecule has 0 saturated carbocycles. The highest BCUT2D eigenvalue weighted by molar-refractivity contribution is 5.79. The molecule has 0 aliphatic carbocycles. The van der Waals surface area contributed by atoms with Crippen molar-refractivity contribution >= 4 is 5.97 Å². The summed E-state index contributed by atoms with van der Waals surface area (Å²) in [7, 11) is 5.45. The van der Waals surface area contributed by atoms with Crippen LogP contribution in [0.2, 0.25) is 0 Å². The molecule has 0 amide bonds. The molecule has 1 unspecified atom stereocenters. The summed E-state index contributed by atoms with van der Waals surface area (Å²) in [6, 6.07) is 3.91. The molecule has 0 bridgehead atoms. The van der Waals surface area contributed by atoms with Gasteiger partial charge in [0.2, 0.25) is 0 Å². The Morgan fingerprint density at radius 1 is 1.37 bits per heavy atom. The van der Waals surface area contributed by atoms with Gasteiger partial charge in [0.1, 0.15) is 5.75 Å². The number of benzene rings is 1. The van der Waals surface area contributed by atoms with Crippen molar-refractivity contribution in [3.05, 3.63) is 41.0 Å². The van der Waals surface area contributed by atoms with Crippen LogP contribution in [0, 0.1) is 13.8 Å². The van der Waals surface area contributed by atoms with E-state index < -0.39 is 5.97 Å². The van der Waals surface area contributed by atoms with Crippen LogP contribution in [0.3, 0.4) is 0 Å². The number of carboxylic acid groups (broad SMARTS) is 1. The molecule has 1 rings (SSSR count). The van der Waals surface area contributed by atoms with Gasteiger partial charge in [0.05, 0.1) is 13.2 Å². The molecule has 1 aromatic carbocycles. The van der Waals surface area contributed by atoms with Gasteiger partial charge in [0.25, 0.3) is 0 Å². The van der Waals surface area contributed by atoms with Crippen molar-refractivity contribution in [2.24, 2.45) is 0 Å². The van der Waals surface area contributed by atoms with Crippen LogP contribution in [0.4, 0.5) is 0 Å². The first-order valence-electron chi connectivity index (χ1n) is 6.09. The van der Waals surface area contributed by atoms with Gasteiger partial charge in [-0.05, 0) is 45.1 Å². The number of carbonyl (C=O) groups is 1. The van der Waals surface area contributed by atoms with Crippen LogP contribution in [0.15, 0.2) is 24.3 Å². The van der Waals surface area contributed by atoms with Crippen LogP contribution in [0.1, 0.15) is 22.7 Å². The highest BCUT2D eigenvalue weighted by Crippen LogP contribution is 2.33. The van der Waals surface area contributed by atoms with E-state index in [0.717, 1.165) is 22.4 Å². The van der Waals surface area contributed by atoms with E-state index in [-0.39, 0.29) is 6.04 Å². The number of nitrogens with zero attached hydrogens (tertiary/aromatic N) is 1. The zero-order chi connectivity index (χ0) is 14.6. The van der Waals surface area contributed by atoms with E-state index in [1.165, 1.54) is 6.08 Å². The Morgan fingerprint density at radius 2 is 2.00 bits per heavy atom. The summed E-state index contributed by atoms with van der Waals surface area (Å²) < 4.78 is 5.44. The largest absolute Gasteiger partial charge is 0.496 e. The Kier molecular flexibility index (Phi) is 5.12. The Labute approximate surface area is 114 Å². The van der Waals surface area contributed by atoms with Gasteiger partial charge in [-0.3, -0.25) is 4.90 Å². The molecule has 0 aliphatic rings. The van der Waals surface area contributed by atoms with Crippen LogP contribution in [0.5, 0.6) is 5.75 Å². The van der Waals surface area contributed by atoms with Crippen LogP contribution in [0.25, 0.3) is 0 Å². The van der Waals surface area contributed by atoms with Gasteiger partial charge in [0, 0.05) is 11.6 Å². The third-order valence-electron chi connectivity index (χ3n) is 2.99. The van der Waals surface area contributed by atoms with Crippen molar-refractivity contribution in [2.45, 2.75) is 19.9 Å². The van der Waals surface area contributed by atoms with Gasteiger partial charge in [-0.25, -0.2) is 4.79 Å². The Balaban J connectivity index is 3.33. The predicted molar refractivity (Wildman–Crippen MR) is 75.7 cm³/mol. The molecule has 0 fully saturated rings. The fourth-order valence-electron chi connectivity index (χ4n) is 2.19. The fourth-order valence-corrected chi connectivity index (χ4v) is 2.19. The smallest absolute Gasteiger partial charge is 0.328 e. The molecule has 0 radical (unpaired) electrons. The normalized spacial score (nSPS) is 12.9. The second kappa shape index (κ2) is 6.38. The zero-order valence-electron chi connectivity index (χ0n) is 12.1. The van der Waals surface area contributed by atoms with E-state index in [2.05, 4.69) is 6.07 Å². The molecule has 1 atom stereocenters. The fraction of sp³-hybridized carbons (Fsp3) is 0.400. The third-order valence-corrected chi connectivity index (χ3v) is 2.99. The first-order valence-corrected chi connectivity index (χ1v) is 6.09. The molecule has 0 aromatic heterocycles. The topological polar surface area (TPSA) is 49.8 Å². The highest BCUT2D eigenvalue weighted by atomic mass is 16.5. The standard InChI is InChI=1S/C15H21NO3/c1-10-8-11(2)15(13(9-10)19-5)12(16(3)4)6-7-14(17)18/h6-9,12H,1-5H3,(H,17,18)/b7-6+. The van der Waals surface area contributed by atoms with Crippen molar-refractivity contribution < 1.29 is 14.6 Å². The maximum atomic E-state index is 10.7. The minimum Gasteiger partial charge on any atom is -0.496 e. The minimum absolute atomic E-state index is 0.133. The van der Waals surface area contributed by atoms with Gasteiger partial charge in [-0.15, -0.1) is 0 Å². The van der Waals surface area contributed by atoms with Crippen molar-refractivity contribution in [2.75, 3.05) is 21.2 Å². The van der Waals surface area contributed by atoms with E-state index in [4.69, 9.17) is 9.84 Å². The molecule has 104 valence electrons. The maximum Gasteiger partial charge on any atom is 0.328 e. The Bertz CT molecular complexity index is 492. The Morgan fingerprint density at radius 3 is 2.47 bits per heavy atom. The van der Waals surface area contributed by atoms with Crippen LogP contribution >= 0.6 is 0 Å². The monoisotopic (exact) mass is 263 g/mol. The summed E-state index contributed by atoms with van der Waals surface area (Å²) in [5.41, 5.74) is 3.21. The van der Waals surface area contributed by atoms with Crippen LogP contribution in [-0.4, -0.2) is 37.2 Å². The predicted octanol–water partition coefficient (Wildman–Crippen LogP) is 2.56. The summed E-state index contributed by atoms with van der Waals surface area (Å²) in [5.74, 6) is -0.165. The SMILES string of the molecule is COc1cc(C)cc(C)c1C(/C=C/C(=O)O)N(C)C. The summed E-state index contributed by atoms with van der Waals surface area (Å²) >= 11 is 0. The first-order chi connectivity index (χ1) is 8.86. The number of aryl methyl sites for hydroxylation is 2. The number of ether oxygens (including phenoxy) is 1. The number of carboxylic acids is 1. The minimum atomic E-state index is -0.949. The lowest BCUT2D eigenvalue weighted by molar-refractivity contribution is -0.131. The number of methoxy groups -OCH3 is 1. The van der Waals surface area contributed by atoms with Gasteiger partial charge in [0.15, 0.2) is 0 Å². The molecule has 1 N–H and O–H groups in total. The summed E-state index contributed by atoms with van der Waals surface area (Å²) in [5, 5.41) is 8.79. The maximum absolute atomic E-state index is 10.7. The molecule has 0 heterocycles. The van der Waals surface area contributed by atoms with Crippen molar-refractivity contribution in [1.29, 1.82) is 0 Å². The van der Waals surface area contributed by atoms with Crippen molar-refractivity contribution in [3.8, 4) is 5.75 Å². The summed E-state index contributed by atoms with van der Waals surface area (Å²) in [6.07, 6.45) is 2.84. The van der Waals surface area contributed by atoms with E-state index in [9.17, 15) is 4.79 Å². The quantitative estimate of drug-likeness (QED) is 0.829. The lowest BCUT2D eigenvalue weighted by Gasteiger charge is -2.25. The second-order valence-electron chi connectivity index (χ2n) is 4.80. The lowest BCUT2D eigenvalue weighted by atomic mass is 9.96. The van der Waals surface area contributed by atoms with Crippen LogP contribution < -0.4 is 4.74 Å². The third kappa shape index (κ3) is 3.83. The van der Waals surface area contributed by atoms with Crippen LogP contribution in [-0.2, 0) is 4.79 Å². The molecule has 0 saturated heterocycles. The molecular weight excluding hydrogens is 242 g/mol. The Hall–Kier alpha value is -1.81. The number of hydrogen-bond donors (Lipinski definition) is 1. The summed E-state index contributed by atoms with van der Waals surface area (Å²) in [4.78, 5) is 12.7. The molecule has 4 nitrogen and oxygen atoms in total. The van der Waals surface area contributed by atoms with E-state index >= 15 is 0 Å². The zero-order valence-corrected chi connectivity index (χ0v) is 12.1. The molecule has 0 aliphatic heterocycles. The number of aliphatic carboxylic acids is 1. The lowest BCUT2D eigenvalue weighted by Crippen LogP contribution is -2.20. The van der Waals surface area contributed by atoms with Gasteiger partial charge in [-0.2, -0.15) is 0 Å². The molecule has 1 aromatic rings. The number of likely N-dealkylation sites (N-methyl/N-ethyl adjacent to an activating group) is 1. The number of rotatable bonds is 5. The van der Waals surface area contributed by atoms with Gasteiger partial charge in [-0.1, -0.05) is 12.1 Å². The van der Waals surface area contributed by atoms with Crippen molar-refractivity contribution in [1.82, 2.24) is 4.90 Å². The molecule has 19 heavy (non-hydrogen) atoms. The molecule has 4 heteroatoms. The van der Waals surface area contributed by atoms with Gasteiger partial charge < -0.3 is 9.84 Å². The van der Waals surface area contributed by atoms with E-state index in [0.29, 0.717) is 0 Å². The van der Waals surface area contributed by atoms with E-state index in [1.807, 2.05) is 38.9 Å². The molecular formula is C15H21NO3.